The predicted molar refractivity (Wildman–Crippen MR) is 132 cm³/mol. The van der Waals surface area contributed by atoms with E-state index in [4.69, 9.17) is 0 Å². The van der Waals surface area contributed by atoms with E-state index < -0.39 is 35.3 Å². The molecule has 0 radical (unpaired) electrons. The zero-order valence-electron chi connectivity index (χ0n) is 20.6. The largest absolute Gasteiger partial charge is 0.418 e. The first-order valence-electron chi connectivity index (χ1n) is 12.1. The SMILES string of the molecule is CCN1CCN(c2cc(C(F)(F)F)c(-c3cnc4c(NC5CC=C(C(F)(F)F)C=N5)ccnc4n3)nn2)CC1. The highest BCUT2D eigenvalue weighted by molar-refractivity contribution is 5.86. The van der Waals surface area contributed by atoms with Crippen LogP contribution in [0.4, 0.5) is 37.8 Å². The minimum Gasteiger partial charge on any atom is -0.362 e. The summed E-state index contributed by atoms with van der Waals surface area (Å²) >= 11 is 0. The van der Waals surface area contributed by atoms with Gasteiger partial charge in [-0.3, -0.25) is 4.99 Å². The molecule has 5 heterocycles. The summed E-state index contributed by atoms with van der Waals surface area (Å²) in [5, 5.41) is 10.9. The lowest BCUT2D eigenvalue weighted by molar-refractivity contribution is -0.137. The zero-order valence-corrected chi connectivity index (χ0v) is 20.6. The second-order valence-corrected chi connectivity index (χ2v) is 9.00. The molecule has 206 valence electrons. The lowest BCUT2D eigenvalue weighted by Crippen LogP contribution is -2.46. The molecule has 1 fully saturated rings. The van der Waals surface area contributed by atoms with E-state index in [0.717, 1.165) is 31.1 Å². The highest BCUT2D eigenvalue weighted by atomic mass is 19.4. The number of piperazine rings is 1. The summed E-state index contributed by atoms with van der Waals surface area (Å²) in [4.78, 5) is 20.5. The first kappa shape index (κ1) is 26.7. The molecule has 0 spiro atoms. The first-order chi connectivity index (χ1) is 18.5. The number of pyridine rings is 1. The molecule has 15 heteroatoms. The van der Waals surface area contributed by atoms with Crippen molar-refractivity contribution >= 4 is 28.9 Å². The molecule has 2 aliphatic heterocycles. The maximum Gasteiger partial charge on any atom is 0.418 e. The number of halogens is 6. The molecule has 1 unspecified atom stereocenters. The normalized spacial score (nSPS) is 18.9. The van der Waals surface area contributed by atoms with Gasteiger partial charge in [-0.15, -0.1) is 10.2 Å². The van der Waals surface area contributed by atoms with Gasteiger partial charge in [0.2, 0.25) is 0 Å². The smallest absolute Gasteiger partial charge is 0.362 e. The number of allylic oxidation sites excluding steroid dienone is 1. The molecular weight excluding hydrogens is 528 g/mol. The summed E-state index contributed by atoms with van der Waals surface area (Å²) in [6, 6.07) is 2.51. The lowest BCUT2D eigenvalue weighted by atomic mass is 10.1. The van der Waals surface area contributed by atoms with Gasteiger partial charge in [-0.25, -0.2) is 15.0 Å². The molecule has 1 saturated heterocycles. The van der Waals surface area contributed by atoms with E-state index in [1.807, 2.05) is 6.92 Å². The van der Waals surface area contributed by atoms with E-state index in [-0.39, 0.29) is 29.1 Å². The Bertz CT molecular complexity index is 1410. The van der Waals surface area contributed by atoms with Crippen molar-refractivity contribution in [3.8, 4) is 11.4 Å². The Morgan fingerprint density at radius 3 is 2.41 bits per heavy atom. The molecule has 0 bridgehead atoms. The van der Waals surface area contributed by atoms with Gasteiger partial charge in [0, 0.05) is 45.0 Å². The van der Waals surface area contributed by atoms with Crippen molar-refractivity contribution in [1.29, 1.82) is 0 Å². The van der Waals surface area contributed by atoms with Gasteiger partial charge in [-0.1, -0.05) is 13.0 Å². The third kappa shape index (κ3) is 5.77. The van der Waals surface area contributed by atoms with Crippen LogP contribution in [-0.2, 0) is 6.18 Å². The number of dihydropyridines is 1. The predicted octanol–water partition coefficient (Wildman–Crippen LogP) is 4.34. The fraction of sp³-hybridized carbons (Fsp3) is 0.417. The van der Waals surface area contributed by atoms with Crippen molar-refractivity contribution in [2.45, 2.75) is 31.9 Å². The highest BCUT2D eigenvalue weighted by Gasteiger charge is 2.37. The van der Waals surface area contributed by atoms with Gasteiger partial charge in [0.25, 0.3) is 0 Å². The van der Waals surface area contributed by atoms with Gasteiger partial charge < -0.3 is 15.1 Å². The molecule has 0 aromatic carbocycles. The third-order valence-corrected chi connectivity index (χ3v) is 6.52. The highest BCUT2D eigenvalue weighted by Crippen LogP contribution is 2.37. The molecule has 5 rings (SSSR count). The first-order valence-corrected chi connectivity index (χ1v) is 12.1. The van der Waals surface area contributed by atoms with E-state index >= 15 is 0 Å². The quantitative estimate of drug-likeness (QED) is 0.468. The summed E-state index contributed by atoms with van der Waals surface area (Å²) in [6.07, 6.45) is -5.65. The molecule has 2 aliphatic rings. The number of anilines is 2. The van der Waals surface area contributed by atoms with Gasteiger partial charge >= 0.3 is 12.4 Å². The van der Waals surface area contributed by atoms with Crippen LogP contribution >= 0.6 is 0 Å². The Labute approximate surface area is 218 Å². The summed E-state index contributed by atoms with van der Waals surface area (Å²) in [5.41, 5.74) is -1.85. The minimum atomic E-state index is -4.72. The minimum absolute atomic E-state index is 0.0228. The molecular formula is C24H23F6N9. The number of hydrogen-bond acceptors (Lipinski definition) is 9. The number of nitrogens with one attached hydrogen (secondary N) is 1. The van der Waals surface area contributed by atoms with Crippen molar-refractivity contribution in [3.05, 3.63) is 41.7 Å². The molecule has 3 aromatic heterocycles. The summed E-state index contributed by atoms with van der Waals surface area (Å²) < 4.78 is 80.8. The standard InChI is InChI=1S/C24H23F6N9/c1-2-38-7-9-39(10-8-38)19-11-15(24(28,29)30)20(37-36-19)17-13-33-21-16(5-6-31-22(21)35-17)34-18-4-3-14(12-32-18)23(25,26)27/h3,5-6,11-13,18H,2,4,7-10H2,1H3,(H,31,34,35). The maximum atomic E-state index is 14.1. The third-order valence-electron chi connectivity index (χ3n) is 6.52. The second kappa shape index (κ2) is 10.4. The van der Waals surface area contributed by atoms with Crippen molar-refractivity contribution in [2.24, 2.45) is 4.99 Å². The van der Waals surface area contributed by atoms with Crippen molar-refractivity contribution in [2.75, 3.05) is 42.9 Å². The molecule has 3 aromatic rings. The van der Waals surface area contributed by atoms with E-state index in [2.05, 4.69) is 40.4 Å². The van der Waals surface area contributed by atoms with E-state index in [9.17, 15) is 26.3 Å². The Balaban J connectivity index is 1.42. The van der Waals surface area contributed by atoms with Crippen LogP contribution in [0, 0.1) is 0 Å². The van der Waals surface area contributed by atoms with Crippen LogP contribution in [0.1, 0.15) is 18.9 Å². The molecule has 0 aliphatic carbocycles. The number of hydrogen-bond donors (Lipinski definition) is 1. The van der Waals surface area contributed by atoms with Crippen molar-refractivity contribution in [3.63, 3.8) is 0 Å². The van der Waals surface area contributed by atoms with Crippen LogP contribution in [0.3, 0.4) is 0 Å². The zero-order chi connectivity index (χ0) is 27.8. The number of alkyl halides is 6. The van der Waals surface area contributed by atoms with Crippen LogP contribution in [0.15, 0.2) is 41.2 Å². The number of aromatic nitrogens is 5. The van der Waals surface area contributed by atoms with Gasteiger partial charge in [0.15, 0.2) is 11.5 Å². The fourth-order valence-corrected chi connectivity index (χ4v) is 4.37. The molecule has 1 N–H and O–H groups in total. The van der Waals surface area contributed by atoms with E-state index in [1.165, 1.54) is 12.3 Å². The van der Waals surface area contributed by atoms with Crippen molar-refractivity contribution in [1.82, 2.24) is 30.0 Å². The Morgan fingerprint density at radius 2 is 1.77 bits per heavy atom. The second-order valence-electron chi connectivity index (χ2n) is 9.00. The molecule has 9 nitrogen and oxygen atoms in total. The Morgan fingerprint density at radius 1 is 1.00 bits per heavy atom. The average Bonchev–Trinajstić information content (AvgIpc) is 2.92. The van der Waals surface area contributed by atoms with Gasteiger partial charge in [0.05, 0.1) is 23.0 Å². The van der Waals surface area contributed by atoms with Crippen LogP contribution in [0.25, 0.3) is 22.6 Å². The van der Waals surface area contributed by atoms with Crippen LogP contribution in [0.5, 0.6) is 0 Å². The number of likely N-dealkylation sites (N-methyl/N-ethyl adjacent to an activating group) is 1. The molecule has 0 amide bonds. The Kier molecular flexibility index (Phi) is 7.09. The Hall–Kier alpha value is -3.88. The van der Waals surface area contributed by atoms with Gasteiger partial charge in [-0.2, -0.15) is 26.3 Å². The topological polar surface area (TPSA) is 95.3 Å². The maximum absolute atomic E-state index is 14.1. The van der Waals surface area contributed by atoms with E-state index in [1.54, 1.807) is 4.90 Å². The van der Waals surface area contributed by atoms with Crippen LogP contribution in [0.2, 0.25) is 0 Å². The average molecular weight is 551 g/mol. The van der Waals surface area contributed by atoms with E-state index in [0.29, 0.717) is 31.9 Å². The molecule has 1 atom stereocenters. The van der Waals surface area contributed by atoms with Crippen LogP contribution < -0.4 is 10.2 Å². The van der Waals surface area contributed by atoms with Gasteiger partial charge in [-0.05, 0) is 18.7 Å². The number of aliphatic imine (C=N–C) groups is 1. The summed E-state index contributed by atoms with van der Waals surface area (Å²) in [7, 11) is 0. The van der Waals surface area contributed by atoms with Gasteiger partial charge in [0.1, 0.15) is 23.1 Å². The molecule has 39 heavy (non-hydrogen) atoms. The van der Waals surface area contributed by atoms with Crippen LogP contribution in [-0.4, -0.2) is 81.3 Å². The van der Waals surface area contributed by atoms with Crippen molar-refractivity contribution < 1.29 is 26.3 Å². The lowest BCUT2D eigenvalue weighted by Gasteiger charge is -2.34. The number of fused-ring (bicyclic) bond motifs is 1. The summed E-state index contributed by atoms with van der Waals surface area (Å²) in [5.74, 6) is 0.135. The monoisotopic (exact) mass is 551 g/mol. The molecule has 0 saturated carbocycles. The number of rotatable bonds is 5. The number of nitrogens with zero attached hydrogens (tertiary/aromatic N) is 8. The fourth-order valence-electron chi connectivity index (χ4n) is 4.37. The summed E-state index contributed by atoms with van der Waals surface area (Å²) in [6.45, 7) is 5.39.